The predicted octanol–water partition coefficient (Wildman–Crippen LogP) is 7.80. The molecular weight excluding hydrogens is 436 g/mol. The van der Waals surface area contributed by atoms with Crippen LogP contribution in [0.5, 0.6) is 0 Å². The van der Waals surface area contributed by atoms with E-state index in [0.29, 0.717) is 10.8 Å². The highest BCUT2D eigenvalue weighted by Gasteiger charge is 2.59. The Labute approximate surface area is 213 Å². The Morgan fingerprint density at radius 1 is 1.09 bits per heavy atom. The molecule has 4 aliphatic rings. The monoisotopic (exact) mass is 486 g/mol. The highest BCUT2D eigenvalue weighted by Crippen LogP contribution is 2.67. The third kappa shape index (κ3) is 5.37. The van der Waals surface area contributed by atoms with E-state index in [1.807, 2.05) is 0 Å². The largest absolute Gasteiger partial charge is 0.481 e. The molecular formula is C31H50O4. The molecule has 0 aliphatic heterocycles. The Kier molecular flexibility index (Phi) is 7.53. The lowest BCUT2D eigenvalue weighted by Gasteiger charge is -2.58. The molecule has 0 unspecified atom stereocenters. The number of carboxylic acids is 1. The Morgan fingerprint density at radius 2 is 1.83 bits per heavy atom. The number of carboxylic acid groups (broad SMARTS) is 1. The Morgan fingerprint density at radius 3 is 2.51 bits per heavy atom. The normalized spacial score (nSPS) is 39.6. The van der Waals surface area contributed by atoms with Gasteiger partial charge < -0.3 is 9.84 Å². The number of carbonyl (C=O) groups is 2. The molecule has 0 spiro atoms. The van der Waals surface area contributed by atoms with Gasteiger partial charge in [-0.25, -0.2) is 0 Å². The summed E-state index contributed by atoms with van der Waals surface area (Å²) in [4.78, 5) is 22.9. The van der Waals surface area contributed by atoms with Crippen molar-refractivity contribution in [3.8, 4) is 0 Å². The fourth-order valence-electron chi connectivity index (χ4n) is 9.02. The molecule has 35 heavy (non-hydrogen) atoms. The Bertz CT molecular complexity index is 837. The third-order valence-electron chi connectivity index (χ3n) is 11.0. The minimum atomic E-state index is -0.943. The molecule has 0 radical (unpaired) electrons. The highest BCUT2D eigenvalue weighted by atomic mass is 16.5. The van der Waals surface area contributed by atoms with Crippen LogP contribution in [0.3, 0.4) is 0 Å². The zero-order chi connectivity index (χ0) is 25.6. The summed E-state index contributed by atoms with van der Waals surface area (Å²) in [5.74, 6) is 2.80. The summed E-state index contributed by atoms with van der Waals surface area (Å²) in [6, 6.07) is 0. The van der Waals surface area contributed by atoms with Crippen molar-refractivity contribution < 1.29 is 19.4 Å². The van der Waals surface area contributed by atoms with Gasteiger partial charge in [0.15, 0.2) is 0 Å². The van der Waals surface area contributed by atoms with Gasteiger partial charge in [0.05, 0.1) is 12.8 Å². The van der Waals surface area contributed by atoms with Gasteiger partial charge in [0.25, 0.3) is 0 Å². The number of ether oxygens (including phenoxy) is 1. The second kappa shape index (κ2) is 9.86. The van der Waals surface area contributed by atoms with E-state index in [-0.39, 0.29) is 30.3 Å². The molecule has 0 heterocycles. The smallest absolute Gasteiger partial charge is 0.306 e. The summed E-state index contributed by atoms with van der Waals surface area (Å²) in [5, 5.41) is 8.84. The van der Waals surface area contributed by atoms with E-state index in [0.717, 1.165) is 48.9 Å². The van der Waals surface area contributed by atoms with Gasteiger partial charge in [0, 0.05) is 6.42 Å². The van der Waals surface area contributed by atoms with Crippen molar-refractivity contribution in [1.82, 2.24) is 0 Å². The number of fused-ring (bicyclic) bond motifs is 5. The van der Waals surface area contributed by atoms with Crippen LogP contribution < -0.4 is 0 Å². The van der Waals surface area contributed by atoms with E-state index in [1.54, 1.807) is 0 Å². The lowest BCUT2D eigenvalue weighted by Crippen LogP contribution is -2.51. The molecule has 4 aliphatic carbocycles. The van der Waals surface area contributed by atoms with Crippen molar-refractivity contribution >= 4 is 11.9 Å². The second-order valence-electron chi connectivity index (χ2n) is 14.3. The third-order valence-corrected chi connectivity index (χ3v) is 11.0. The van der Waals surface area contributed by atoms with Crippen molar-refractivity contribution in [2.24, 2.45) is 45.8 Å². The van der Waals surface area contributed by atoms with Gasteiger partial charge in [-0.3, -0.25) is 9.59 Å². The van der Waals surface area contributed by atoms with Crippen LogP contribution in [-0.4, -0.2) is 23.1 Å². The van der Waals surface area contributed by atoms with Crippen molar-refractivity contribution in [3.63, 3.8) is 0 Å². The van der Waals surface area contributed by atoms with E-state index in [2.05, 4.69) is 47.6 Å². The molecule has 8 atom stereocenters. The molecule has 0 aromatic carbocycles. The number of allylic oxidation sites excluding steroid dienone is 1. The van der Waals surface area contributed by atoms with Crippen LogP contribution in [0.1, 0.15) is 119 Å². The van der Waals surface area contributed by atoms with E-state index < -0.39 is 5.97 Å². The van der Waals surface area contributed by atoms with Crippen LogP contribution in [0, 0.1) is 45.8 Å². The number of hydrogen-bond acceptors (Lipinski definition) is 3. The first-order chi connectivity index (χ1) is 16.3. The number of carbonyl (C=O) groups excluding carboxylic acids is 1. The summed E-state index contributed by atoms with van der Waals surface area (Å²) in [6.07, 6.45) is 14.5. The van der Waals surface area contributed by atoms with Crippen LogP contribution in [0.15, 0.2) is 11.6 Å². The van der Waals surface area contributed by atoms with E-state index in [1.165, 1.54) is 50.5 Å². The first-order valence-corrected chi connectivity index (χ1v) is 14.4. The summed E-state index contributed by atoms with van der Waals surface area (Å²) >= 11 is 0. The zero-order valence-corrected chi connectivity index (χ0v) is 23.2. The minimum absolute atomic E-state index is 0.0253. The average Bonchev–Trinajstić information content (AvgIpc) is 3.13. The first-order valence-electron chi connectivity index (χ1n) is 14.4. The van der Waals surface area contributed by atoms with E-state index >= 15 is 0 Å². The molecule has 4 nitrogen and oxygen atoms in total. The van der Waals surface area contributed by atoms with Crippen molar-refractivity contribution in [2.75, 3.05) is 0 Å². The summed E-state index contributed by atoms with van der Waals surface area (Å²) in [7, 11) is 0. The zero-order valence-electron chi connectivity index (χ0n) is 23.2. The highest BCUT2D eigenvalue weighted by molar-refractivity contribution is 5.76. The average molecular weight is 487 g/mol. The first kappa shape index (κ1) is 26.7. The van der Waals surface area contributed by atoms with Crippen LogP contribution in [0.4, 0.5) is 0 Å². The molecule has 4 heteroatoms. The second-order valence-corrected chi connectivity index (χ2v) is 14.3. The maximum Gasteiger partial charge on any atom is 0.306 e. The standard InChI is InChI=1S/C31H50O4/c1-20(13-16-29(2,3)4)24-9-10-25-23-8-7-21-19-22(35-28(34)12-11-27(32)33)14-17-30(21,5)26(23)15-18-31(24,25)6/h7,20,22-26H,8-19H2,1-6H3,(H,32,33)/t20-,22+,23+,24-,25+,26+,30+,31-/m1/s1. The topological polar surface area (TPSA) is 63.6 Å². The van der Waals surface area contributed by atoms with E-state index in [4.69, 9.17) is 9.84 Å². The van der Waals surface area contributed by atoms with Crippen LogP contribution >= 0.6 is 0 Å². The van der Waals surface area contributed by atoms with Crippen LogP contribution in [0.25, 0.3) is 0 Å². The van der Waals surface area contributed by atoms with Crippen molar-refractivity contribution in [2.45, 2.75) is 125 Å². The summed E-state index contributed by atoms with van der Waals surface area (Å²) < 4.78 is 5.70. The number of rotatable bonds is 7. The van der Waals surface area contributed by atoms with Gasteiger partial charge in [-0.1, -0.05) is 53.2 Å². The molecule has 3 fully saturated rings. The SMILES string of the molecule is C[C@H](CCC(C)(C)C)[C@H]1CC[C@H]2[C@@H]3CC=C4C[C@@H](OC(=O)CCC(=O)O)CC[C@]4(C)[C@H]3CC[C@]12C. The maximum atomic E-state index is 12.1. The predicted molar refractivity (Wildman–Crippen MR) is 140 cm³/mol. The molecule has 4 rings (SSSR count). The fourth-order valence-corrected chi connectivity index (χ4v) is 9.02. The van der Waals surface area contributed by atoms with Gasteiger partial charge in [0.2, 0.25) is 0 Å². The quantitative estimate of drug-likeness (QED) is 0.294. The Hall–Kier alpha value is -1.32. The Balaban J connectivity index is 1.42. The summed E-state index contributed by atoms with van der Waals surface area (Å²) in [5.41, 5.74) is 2.67. The van der Waals surface area contributed by atoms with Gasteiger partial charge in [-0.15, -0.1) is 0 Å². The van der Waals surface area contributed by atoms with Gasteiger partial charge in [-0.2, -0.15) is 0 Å². The summed E-state index contributed by atoms with van der Waals surface area (Å²) in [6.45, 7) is 14.8. The molecule has 198 valence electrons. The number of hydrogen-bond donors (Lipinski definition) is 1. The number of aliphatic carboxylic acids is 1. The molecule has 0 aromatic heterocycles. The minimum Gasteiger partial charge on any atom is -0.481 e. The number of esters is 1. The van der Waals surface area contributed by atoms with Gasteiger partial charge >= 0.3 is 11.9 Å². The van der Waals surface area contributed by atoms with Crippen molar-refractivity contribution in [1.29, 1.82) is 0 Å². The van der Waals surface area contributed by atoms with Crippen LogP contribution in [0.2, 0.25) is 0 Å². The maximum absolute atomic E-state index is 12.1. The van der Waals surface area contributed by atoms with Crippen molar-refractivity contribution in [3.05, 3.63) is 11.6 Å². The molecule has 1 N–H and O–H groups in total. The molecule has 0 aromatic rings. The molecule has 0 saturated heterocycles. The van der Waals surface area contributed by atoms with Gasteiger partial charge in [-0.05, 0) is 104 Å². The van der Waals surface area contributed by atoms with Crippen LogP contribution in [-0.2, 0) is 14.3 Å². The van der Waals surface area contributed by atoms with E-state index in [9.17, 15) is 9.59 Å². The molecule has 3 saturated carbocycles. The molecule has 0 bridgehead atoms. The molecule has 0 amide bonds. The van der Waals surface area contributed by atoms with Gasteiger partial charge in [0.1, 0.15) is 6.10 Å². The fraction of sp³-hybridized carbons (Fsp3) is 0.871. The lowest BCUT2D eigenvalue weighted by molar-refractivity contribution is -0.154. The lowest BCUT2D eigenvalue weighted by atomic mass is 9.47.